The molecule has 1 fully saturated rings. The predicted octanol–water partition coefficient (Wildman–Crippen LogP) is 6.06. The topological polar surface area (TPSA) is 53.3 Å². The molecule has 31 heavy (non-hydrogen) atoms. The SMILES string of the molecule is CCOC(=O)c1cnn(-c2cccc(-c3cccc(OC(C)C4CCCCC4)c3)c2)c1. The zero-order valence-corrected chi connectivity index (χ0v) is 18.3. The molecule has 1 aromatic heterocycles. The average molecular weight is 419 g/mol. The molecule has 4 rings (SSSR count). The first-order valence-corrected chi connectivity index (χ1v) is 11.2. The van der Waals surface area contributed by atoms with E-state index in [2.05, 4.69) is 36.3 Å². The minimum Gasteiger partial charge on any atom is -0.490 e. The number of esters is 1. The maximum absolute atomic E-state index is 11.9. The van der Waals surface area contributed by atoms with Crippen LogP contribution in [0.25, 0.3) is 16.8 Å². The second-order valence-electron chi connectivity index (χ2n) is 8.19. The molecule has 162 valence electrons. The number of aromatic nitrogens is 2. The van der Waals surface area contributed by atoms with Crippen molar-refractivity contribution in [2.24, 2.45) is 5.92 Å². The zero-order chi connectivity index (χ0) is 21.6. The summed E-state index contributed by atoms with van der Waals surface area (Å²) < 4.78 is 13.1. The average Bonchev–Trinajstić information content (AvgIpc) is 3.31. The monoisotopic (exact) mass is 418 g/mol. The van der Waals surface area contributed by atoms with E-state index >= 15 is 0 Å². The Kier molecular flexibility index (Phi) is 6.70. The molecule has 1 heterocycles. The Morgan fingerprint density at radius 1 is 1.10 bits per heavy atom. The molecule has 3 aromatic rings. The van der Waals surface area contributed by atoms with Crippen LogP contribution in [0.2, 0.25) is 0 Å². The van der Waals surface area contributed by atoms with Gasteiger partial charge < -0.3 is 9.47 Å². The normalized spacial score (nSPS) is 15.4. The summed E-state index contributed by atoms with van der Waals surface area (Å²) in [5, 5.41) is 4.32. The Balaban J connectivity index is 1.51. The number of benzene rings is 2. The number of nitrogens with zero attached hydrogens (tertiary/aromatic N) is 2. The fourth-order valence-electron chi connectivity index (χ4n) is 4.28. The molecule has 0 radical (unpaired) electrons. The van der Waals surface area contributed by atoms with Gasteiger partial charge in [-0.25, -0.2) is 9.48 Å². The highest BCUT2D eigenvalue weighted by Crippen LogP contribution is 2.31. The van der Waals surface area contributed by atoms with Crippen molar-refractivity contribution in [2.75, 3.05) is 6.61 Å². The smallest absolute Gasteiger partial charge is 0.341 e. The van der Waals surface area contributed by atoms with Gasteiger partial charge in [0.25, 0.3) is 0 Å². The van der Waals surface area contributed by atoms with Gasteiger partial charge in [0.05, 0.1) is 30.2 Å². The minimum absolute atomic E-state index is 0.229. The lowest BCUT2D eigenvalue weighted by Gasteiger charge is -2.28. The first-order chi connectivity index (χ1) is 15.1. The van der Waals surface area contributed by atoms with Crippen LogP contribution in [-0.4, -0.2) is 28.5 Å². The van der Waals surface area contributed by atoms with Crippen LogP contribution in [0.4, 0.5) is 0 Å². The third-order valence-corrected chi connectivity index (χ3v) is 6.01. The van der Waals surface area contributed by atoms with E-state index in [0.29, 0.717) is 18.1 Å². The van der Waals surface area contributed by atoms with Gasteiger partial charge in [-0.3, -0.25) is 0 Å². The van der Waals surface area contributed by atoms with Gasteiger partial charge in [-0.15, -0.1) is 0 Å². The van der Waals surface area contributed by atoms with Gasteiger partial charge in [-0.2, -0.15) is 5.10 Å². The summed E-state index contributed by atoms with van der Waals surface area (Å²) in [5.74, 6) is 1.20. The summed E-state index contributed by atoms with van der Waals surface area (Å²) in [4.78, 5) is 11.9. The zero-order valence-electron chi connectivity index (χ0n) is 18.3. The molecule has 0 bridgehead atoms. The van der Waals surface area contributed by atoms with Crippen LogP contribution in [0.3, 0.4) is 0 Å². The molecule has 0 amide bonds. The first kappa shape index (κ1) is 21.2. The molecule has 1 atom stereocenters. The van der Waals surface area contributed by atoms with E-state index in [1.165, 1.54) is 38.3 Å². The van der Waals surface area contributed by atoms with Crippen molar-refractivity contribution in [1.29, 1.82) is 0 Å². The first-order valence-electron chi connectivity index (χ1n) is 11.2. The van der Waals surface area contributed by atoms with Crippen LogP contribution in [0, 0.1) is 5.92 Å². The highest BCUT2D eigenvalue weighted by molar-refractivity contribution is 5.88. The predicted molar refractivity (Wildman–Crippen MR) is 122 cm³/mol. The lowest BCUT2D eigenvalue weighted by Crippen LogP contribution is -2.25. The Bertz CT molecular complexity index is 1020. The van der Waals surface area contributed by atoms with Crippen molar-refractivity contribution in [1.82, 2.24) is 9.78 Å². The van der Waals surface area contributed by atoms with Crippen molar-refractivity contribution in [3.8, 4) is 22.6 Å². The molecule has 1 aliphatic rings. The van der Waals surface area contributed by atoms with Crippen molar-refractivity contribution in [3.63, 3.8) is 0 Å². The van der Waals surface area contributed by atoms with E-state index in [1.54, 1.807) is 17.8 Å². The summed E-state index contributed by atoms with van der Waals surface area (Å²) in [6, 6.07) is 16.4. The third-order valence-electron chi connectivity index (χ3n) is 6.01. The van der Waals surface area contributed by atoms with E-state index < -0.39 is 0 Å². The van der Waals surface area contributed by atoms with Crippen molar-refractivity contribution in [3.05, 3.63) is 66.5 Å². The number of ether oxygens (including phenoxy) is 2. The van der Waals surface area contributed by atoms with Crippen molar-refractivity contribution >= 4 is 5.97 Å². The van der Waals surface area contributed by atoms with E-state index in [4.69, 9.17) is 9.47 Å². The summed E-state index contributed by atoms with van der Waals surface area (Å²) >= 11 is 0. The van der Waals surface area contributed by atoms with Crippen molar-refractivity contribution in [2.45, 2.75) is 52.1 Å². The van der Waals surface area contributed by atoms with Crippen molar-refractivity contribution < 1.29 is 14.3 Å². The Morgan fingerprint density at radius 3 is 2.61 bits per heavy atom. The van der Waals surface area contributed by atoms with E-state index in [9.17, 15) is 4.79 Å². The van der Waals surface area contributed by atoms with Crippen LogP contribution < -0.4 is 4.74 Å². The molecule has 0 aliphatic heterocycles. The summed E-state index contributed by atoms with van der Waals surface area (Å²) in [6.07, 6.45) is 9.97. The fraction of sp³-hybridized carbons (Fsp3) is 0.385. The molecule has 1 aliphatic carbocycles. The van der Waals surface area contributed by atoms with Gasteiger partial charge >= 0.3 is 5.97 Å². The Hall–Kier alpha value is -3.08. The number of rotatable bonds is 7. The highest BCUT2D eigenvalue weighted by Gasteiger charge is 2.21. The van der Waals surface area contributed by atoms with E-state index in [-0.39, 0.29) is 12.1 Å². The Labute approximate surface area is 184 Å². The maximum atomic E-state index is 11.9. The van der Waals surface area contributed by atoms with Crippen LogP contribution in [0.5, 0.6) is 5.75 Å². The quantitative estimate of drug-likeness (QED) is 0.437. The van der Waals surface area contributed by atoms with Crippen LogP contribution in [0.15, 0.2) is 60.9 Å². The van der Waals surface area contributed by atoms with E-state index in [1.807, 2.05) is 24.3 Å². The number of carbonyl (C=O) groups is 1. The second kappa shape index (κ2) is 9.82. The molecule has 2 aromatic carbocycles. The van der Waals surface area contributed by atoms with Crippen LogP contribution >= 0.6 is 0 Å². The third kappa shape index (κ3) is 5.16. The maximum Gasteiger partial charge on any atom is 0.341 e. The lowest BCUT2D eigenvalue weighted by atomic mass is 9.86. The fourth-order valence-corrected chi connectivity index (χ4v) is 4.28. The lowest BCUT2D eigenvalue weighted by molar-refractivity contribution is 0.0526. The van der Waals surface area contributed by atoms with Crippen LogP contribution in [-0.2, 0) is 4.74 Å². The second-order valence-corrected chi connectivity index (χ2v) is 8.19. The summed E-state index contributed by atoms with van der Waals surface area (Å²) in [6.45, 7) is 4.33. The van der Waals surface area contributed by atoms with Gasteiger partial charge in [0, 0.05) is 6.20 Å². The van der Waals surface area contributed by atoms with Gasteiger partial charge in [0.2, 0.25) is 0 Å². The number of carbonyl (C=O) groups excluding carboxylic acids is 1. The van der Waals surface area contributed by atoms with Crippen LogP contribution in [0.1, 0.15) is 56.3 Å². The molecule has 0 spiro atoms. The van der Waals surface area contributed by atoms with E-state index in [0.717, 1.165) is 22.6 Å². The molecule has 0 saturated heterocycles. The number of hydrogen-bond donors (Lipinski definition) is 0. The van der Waals surface area contributed by atoms with Gasteiger partial charge in [0.15, 0.2) is 0 Å². The van der Waals surface area contributed by atoms with Gasteiger partial charge in [0.1, 0.15) is 5.75 Å². The Morgan fingerprint density at radius 2 is 1.84 bits per heavy atom. The van der Waals surface area contributed by atoms with Gasteiger partial charge in [-0.05, 0) is 68.0 Å². The molecule has 5 nitrogen and oxygen atoms in total. The molecule has 1 unspecified atom stereocenters. The standard InChI is InChI=1S/C26H30N2O3/c1-3-30-26(29)23-17-27-28(18-23)24-13-7-11-21(15-24)22-12-8-14-25(16-22)31-19(2)20-9-5-4-6-10-20/h7-8,11-20H,3-6,9-10H2,1-2H3. The minimum atomic E-state index is -0.359. The summed E-state index contributed by atoms with van der Waals surface area (Å²) in [5.41, 5.74) is 3.49. The largest absolute Gasteiger partial charge is 0.490 e. The summed E-state index contributed by atoms with van der Waals surface area (Å²) in [7, 11) is 0. The number of hydrogen-bond acceptors (Lipinski definition) is 4. The molecule has 1 saturated carbocycles. The molecular formula is C26H30N2O3. The molecule has 5 heteroatoms. The molecular weight excluding hydrogens is 388 g/mol. The molecule has 0 N–H and O–H groups in total. The highest BCUT2D eigenvalue weighted by atomic mass is 16.5. The van der Waals surface area contributed by atoms with Gasteiger partial charge in [-0.1, -0.05) is 43.5 Å².